The van der Waals surface area contributed by atoms with E-state index in [0.29, 0.717) is 27.5 Å². The number of rotatable bonds is 4. The molecule has 0 aromatic heterocycles. The third kappa shape index (κ3) is 4.36. The number of phenols is 1. The lowest BCUT2D eigenvalue weighted by molar-refractivity contribution is 0.102. The number of hydrogen-bond donors (Lipinski definition) is 2. The number of benzene rings is 3. The topological polar surface area (TPSA) is 61.7 Å². The molecular weight excluding hydrogens is 360 g/mol. The number of carbonyl (C=O) groups is 1. The van der Waals surface area contributed by atoms with Crippen molar-refractivity contribution in [1.82, 2.24) is 0 Å². The van der Waals surface area contributed by atoms with Gasteiger partial charge in [0.15, 0.2) is 0 Å². The predicted molar refractivity (Wildman–Crippen MR) is 111 cm³/mol. The van der Waals surface area contributed by atoms with Crippen molar-refractivity contribution in [2.45, 2.75) is 13.8 Å². The summed E-state index contributed by atoms with van der Waals surface area (Å²) < 4.78 is 0. The molecular formula is C22H19ClN2O2. The van der Waals surface area contributed by atoms with Crippen LogP contribution in [0.2, 0.25) is 5.02 Å². The first kappa shape index (κ1) is 18.7. The number of anilines is 1. The fraction of sp³-hybridized carbons (Fsp3) is 0.0909. The van der Waals surface area contributed by atoms with Gasteiger partial charge in [-0.25, -0.2) is 0 Å². The van der Waals surface area contributed by atoms with Crippen LogP contribution in [0, 0.1) is 13.8 Å². The Bertz CT molecular complexity index is 1010. The SMILES string of the molecule is Cc1cc(O)c(C=Nc2cccc(NC(=O)c3ccccc3)c2)c(C)c1Cl. The molecule has 5 heteroatoms. The standard InChI is InChI=1S/C22H19ClN2O2/c1-14-11-20(26)19(15(2)21(14)23)13-24-17-9-6-10-18(12-17)25-22(27)16-7-4-3-5-8-16/h3-13,26H,1-2H3,(H,25,27). The zero-order valence-corrected chi connectivity index (χ0v) is 15.8. The molecule has 0 saturated carbocycles. The summed E-state index contributed by atoms with van der Waals surface area (Å²) in [5.74, 6) is -0.0535. The zero-order chi connectivity index (χ0) is 19.4. The molecule has 0 saturated heterocycles. The number of nitrogens with zero attached hydrogens (tertiary/aromatic N) is 1. The number of hydrogen-bond acceptors (Lipinski definition) is 3. The van der Waals surface area contributed by atoms with Crippen molar-refractivity contribution in [3.8, 4) is 5.75 Å². The van der Waals surface area contributed by atoms with Crippen LogP contribution in [0.25, 0.3) is 0 Å². The van der Waals surface area contributed by atoms with Gasteiger partial charge in [0.1, 0.15) is 5.75 Å². The summed E-state index contributed by atoms with van der Waals surface area (Å²) in [6, 6.07) is 17.8. The van der Waals surface area contributed by atoms with E-state index in [1.807, 2.05) is 44.2 Å². The van der Waals surface area contributed by atoms with Gasteiger partial charge in [-0.3, -0.25) is 9.79 Å². The van der Waals surface area contributed by atoms with Crippen LogP contribution in [0.3, 0.4) is 0 Å². The molecule has 0 aliphatic heterocycles. The zero-order valence-electron chi connectivity index (χ0n) is 15.0. The molecule has 136 valence electrons. The Morgan fingerprint density at radius 3 is 2.56 bits per heavy atom. The molecule has 0 bridgehead atoms. The molecule has 0 aliphatic carbocycles. The average molecular weight is 379 g/mol. The Morgan fingerprint density at radius 1 is 1.07 bits per heavy atom. The Kier molecular flexibility index (Phi) is 5.57. The number of aliphatic imine (C=N–C) groups is 1. The summed E-state index contributed by atoms with van der Waals surface area (Å²) in [6.07, 6.45) is 1.58. The van der Waals surface area contributed by atoms with E-state index in [0.717, 1.165) is 11.1 Å². The molecule has 0 fully saturated rings. The van der Waals surface area contributed by atoms with Crippen LogP contribution in [0.4, 0.5) is 11.4 Å². The lowest BCUT2D eigenvalue weighted by Crippen LogP contribution is -2.11. The number of halogens is 1. The maximum atomic E-state index is 12.3. The summed E-state index contributed by atoms with van der Waals surface area (Å²) in [5, 5.41) is 13.6. The third-order valence-corrected chi connectivity index (χ3v) is 4.77. The van der Waals surface area contributed by atoms with Crippen LogP contribution in [-0.2, 0) is 0 Å². The van der Waals surface area contributed by atoms with Gasteiger partial charge in [0.2, 0.25) is 0 Å². The van der Waals surface area contributed by atoms with Crippen LogP contribution in [0.5, 0.6) is 5.75 Å². The van der Waals surface area contributed by atoms with Crippen molar-refractivity contribution in [1.29, 1.82) is 0 Å². The molecule has 0 unspecified atom stereocenters. The van der Waals surface area contributed by atoms with Gasteiger partial charge in [-0.15, -0.1) is 0 Å². The molecule has 0 aliphatic rings. The van der Waals surface area contributed by atoms with E-state index >= 15 is 0 Å². The number of nitrogens with one attached hydrogen (secondary N) is 1. The third-order valence-electron chi connectivity index (χ3n) is 4.19. The summed E-state index contributed by atoms with van der Waals surface area (Å²) in [6.45, 7) is 3.68. The van der Waals surface area contributed by atoms with Gasteiger partial charge in [-0.05, 0) is 61.4 Å². The van der Waals surface area contributed by atoms with Crippen molar-refractivity contribution in [2.24, 2.45) is 4.99 Å². The van der Waals surface area contributed by atoms with E-state index < -0.39 is 0 Å². The normalized spacial score (nSPS) is 10.9. The van der Waals surface area contributed by atoms with Gasteiger partial charge in [-0.2, -0.15) is 0 Å². The maximum Gasteiger partial charge on any atom is 0.255 e. The second-order valence-corrected chi connectivity index (χ2v) is 6.57. The van der Waals surface area contributed by atoms with Crippen molar-refractivity contribution in [3.63, 3.8) is 0 Å². The van der Waals surface area contributed by atoms with Crippen molar-refractivity contribution >= 4 is 35.1 Å². The highest BCUT2D eigenvalue weighted by molar-refractivity contribution is 6.32. The first-order chi connectivity index (χ1) is 13.0. The fourth-order valence-electron chi connectivity index (χ4n) is 2.71. The highest BCUT2D eigenvalue weighted by atomic mass is 35.5. The van der Waals surface area contributed by atoms with E-state index in [4.69, 9.17) is 11.6 Å². The van der Waals surface area contributed by atoms with Crippen LogP contribution >= 0.6 is 11.6 Å². The molecule has 3 aromatic carbocycles. The second-order valence-electron chi connectivity index (χ2n) is 6.19. The molecule has 0 radical (unpaired) electrons. The van der Waals surface area contributed by atoms with Crippen LogP contribution in [0.15, 0.2) is 65.7 Å². The quantitative estimate of drug-likeness (QED) is 0.575. The molecule has 27 heavy (non-hydrogen) atoms. The van der Waals surface area contributed by atoms with E-state index in [1.54, 1.807) is 36.5 Å². The molecule has 3 rings (SSSR count). The van der Waals surface area contributed by atoms with Gasteiger partial charge < -0.3 is 10.4 Å². The highest BCUT2D eigenvalue weighted by Crippen LogP contribution is 2.30. The number of aromatic hydroxyl groups is 1. The van der Waals surface area contributed by atoms with Crippen molar-refractivity contribution in [3.05, 3.63) is 87.9 Å². The first-order valence-corrected chi connectivity index (χ1v) is 8.82. The second kappa shape index (κ2) is 8.06. The number of phenolic OH excluding ortho intramolecular Hbond substituents is 1. The Balaban J connectivity index is 1.82. The molecule has 3 aromatic rings. The maximum absolute atomic E-state index is 12.3. The predicted octanol–water partition coefficient (Wildman–Crippen LogP) is 5.67. The minimum atomic E-state index is -0.185. The Labute approximate surface area is 163 Å². The number of amides is 1. The molecule has 0 atom stereocenters. The highest BCUT2D eigenvalue weighted by Gasteiger charge is 2.10. The fourth-order valence-corrected chi connectivity index (χ4v) is 2.87. The number of aryl methyl sites for hydroxylation is 1. The van der Waals surface area contributed by atoms with Crippen molar-refractivity contribution in [2.75, 3.05) is 5.32 Å². The smallest absolute Gasteiger partial charge is 0.255 e. The largest absolute Gasteiger partial charge is 0.507 e. The molecule has 0 heterocycles. The minimum absolute atomic E-state index is 0.131. The van der Waals surface area contributed by atoms with Crippen molar-refractivity contribution < 1.29 is 9.90 Å². The number of carbonyl (C=O) groups excluding carboxylic acids is 1. The van der Waals surface area contributed by atoms with Gasteiger partial charge in [0.25, 0.3) is 5.91 Å². The average Bonchev–Trinajstić information content (AvgIpc) is 2.67. The Morgan fingerprint density at radius 2 is 1.81 bits per heavy atom. The van der Waals surface area contributed by atoms with Crippen LogP contribution < -0.4 is 5.32 Å². The van der Waals surface area contributed by atoms with Gasteiger partial charge in [0.05, 0.1) is 5.69 Å². The molecule has 1 amide bonds. The van der Waals surface area contributed by atoms with Gasteiger partial charge >= 0.3 is 0 Å². The lowest BCUT2D eigenvalue weighted by Gasteiger charge is -2.09. The van der Waals surface area contributed by atoms with Crippen LogP contribution in [-0.4, -0.2) is 17.2 Å². The minimum Gasteiger partial charge on any atom is -0.507 e. The summed E-state index contributed by atoms with van der Waals surface area (Å²) in [7, 11) is 0. The van der Waals surface area contributed by atoms with Gasteiger partial charge in [-0.1, -0.05) is 35.9 Å². The first-order valence-electron chi connectivity index (χ1n) is 8.45. The molecule has 2 N–H and O–H groups in total. The van der Waals surface area contributed by atoms with E-state index in [1.165, 1.54) is 0 Å². The lowest BCUT2D eigenvalue weighted by atomic mass is 10.0. The molecule has 0 spiro atoms. The van der Waals surface area contributed by atoms with E-state index in [-0.39, 0.29) is 11.7 Å². The van der Waals surface area contributed by atoms with Gasteiger partial charge in [0, 0.05) is 28.1 Å². The summed E-state index contributed by atoms with van der Waals surface area (Å²) in [5.41, 5.74) is 4.03. The Hall–Kier alpha value is -3.11. The molecule has 4 nitrogen and oxygen atoms in total. The van der Waals surface area contributed by atoms with E-state index in [2.05, 4.69) is 10.3 Å². The summed E-state index contributed by atoms with van der Waals surface area (Å²) in [4.78, 5) is 16.7. The van der Waals surface area contributed by atoms with E-state index in [9.17, 15) is 9.90 Å². The monoisotopic (exact) mass is 378 g/mol. The summed E-state index contributed by atoms with van der Waals surface area (Å²) >= 11 is 6.26. The van der Waals surface area contributed by atoms with Crippen LogP contribution in [0.1, 0.15) is 27.0 Å².